The first-order valence-electron chi connectivity index (χ1n) is 11.0. The Balaban J connectivity index is 1.42. The zero-order valence-corrected chi connectivity index (χ0v) is 19.4. The van der Waals surface area contributed by atoms with E-state index in [2.05, 4.69) is 80.7 Å². The number of benzene rings is 2. The first kappa shape index (κ1) is 21.5. The molecule has 0 spiro atoms. The zero-order chi connectivity index (χ0) is 22.8. The maximum atomic E-state index is 6.92. The van der Waals surface area contributed by atoms with Crippen molar-refractivity contribution in [3.05, 3.63) is 72.7 Å². The van der Waals surface area contributed by atoms with Gasteiger partial charge in [0.1, 0.15) is 18.0 Å². The monoisotopic (exact) mass is 457 g/mol. The Morgan fingerprint density at radius 2 is 1.97 bits per heavy atom. The fourth-order valence-corrected chi connectivity index (χ4v) is 4.85. The van der Waals surface area contributed by atoms with Crippen LogP contribution in [0.25, 0.3) is 22.2 Å². The zero-order valence-electron chi connectivity index (χ0n) is 18.6. The number of para-hydroxylation sites is 1. The molecule has 2 aromatic carbocycles. The van der Waals surface area contributed by atoms with Crippen LogP contribution in [0.3, 0.4) is 0 Å². The number of hydrogen-bond acceptors (Lipinski definition) is 7. The van der Waals surface area contributed by atoms with Gasteiger partial charge in [-0.1, -0.05) is 30.8 Å². The Kier molecular flexibility index (Phi) is 5.78. The van der Waals surface area contributed by atoms with Gasteiger partial charge >= 0.3 is 0 Å². The number of H-pyrrole nitrogens is 1. The minimum Gasteiger partial charge on any atom is -0.356 e. The number of nitrogens with zero attached hydrogens (tertiary/aromatic N) is 4. The van der Waals surface area contributed by atoms with E-state index in [4.69, 9.17) is 10.7 Å². The number of aliphatic imine (C=N–C) groups is 1. The molecule has 0 amide bonds. The smallest absolute Gasteiger partial charge is 0.138 e. The maximum Gasteiger partial charge on any atom is 0.138 e. The van der Waals surface area contributed by atoms with Gasteiger partial charge in [-0.25, -0.2) is 9.98 Å². The van der Waals surface area contributed by atoms with Gasteiger partial charge in [-0.15, -0.1) is 11.8 Å². The Labute approximate surface area is 197 Å². The van der Waals surface area contributed by atoms with Crippen LogP contribution in [0.1, 0.15) is 18.7 Å². The molecule has 168 valence electrons. The number of fused-ring (bicyclic) bond motifs is 1. The van der Waals surface area contributed by atoms with E-state index in [-0.39, 0.29) is 0 Å². The second-order valence-electron chi connectivity index (χ2n) is 8.35. The molecule has 0 radical (unpaired) electrons. The van der Waals surface area contributed by atoms with Gasteiger partial charge in [0, 0.05) is 35.3 Å². The predicted octanol–water partition coefficient (Wildman–Crippen LogP) is 4.22. The Bertz CT molecular complexity index is 1280. The van der Waals surface area contributed by atoms with Crippen molar-refractivity contribution in [2.24, 2.45) is 15.8 Å². The Morgan fingerprint density at radius 1 is 1.15 bits per heavy atom. The fraction of sp³-hybridized carbons (Fsp3) is 0.240. The highest BCUT2D eigenvalue weighted by Crippen LogP contribution is 2.34. The largest absolute Gasteiger partial charge is 0.356 e. The molecule has 0 bridgehead atoms. The lowest BCUT2D eigenvalue weighted by atomic mass is 9.87. The van der Waals surface area contributed by atoms with E-state index >= 15 is 0 Å². The van der Waals surface area contributed by atoms with Gasteiger partial charge in [-0.2, -0.15) is 5.10 Å². The van der Waals surface area contributed by atoms with Crippen molar-refractivity contribution in [1.82, 2.24) is 20.3 Å². The van der Waals surface area contributed by atoms with Crippen LogP contribution in [0.2, 0.25) is 0 Å². The number of aromatic amines is 1. The van der Waals surface area contributed by atoms with E-state index in [9.17, 15) is 0 Å². The second kappa shape index (κ2) is 8.88. The molecule has 0 unspecified atom stereocenters. The minimum absolute atomic E-state index is 0.525. The van der Waals surface area contributed by atoms with Crippen molar-refractivity contribution in [2.45, 2.75) is 23.3 Å². The van der Waals surface area contributed by atoms with Gasteiger partial charge in [0.25, 0.3) is 0 Å². The summed E-state index contributed by atoms with van der Waals surface area (Å²) in [4.78, 5) is 16.5. The van der Waals surface area contributed by atoms with Crippen molar-refractivity contribution in [3.8, 4) is 11.1 Å². The lowest BCUT2D eigenvalue weighted by molar-refractivity contribution is 0.223. The van der Waals surface area contributed by atoms with Crippen LogP contribution in [0.4, 0.5) is 0 Å². The van der Waals surface area contributed by atoms with E-state index in [1.165, 1.54) is 11.2 Å². The van der Waals surface area contributed by atoms with Gasteiger partial charge < -0.3 is 15.6 Å². The quantitative estimate of drug-likeness (QED) is 0.512. The third kappa shape index (κ3) is 4.19. The summed E-state index contributed by atoms with van der Waals surface area (Å²) in [5, 5.41) is 4.00. The highest BCUT2D eigenvalue weighted by molar-refractivity contribution is 7.98. The molecule has 1 aromatic heterocycles. The predicted molar refractivity (Wildman–Crippen MR) is 137 cm³/mol. The summed E-state index contributed by atoms with van der Waals surface area (Å²) in [5.41, 5.74) is 14.3. The summed E-state index contributed by atoms with van der Waals surface area (Å²) >= 11 is 1.74. The molecule has 0 atom stereocenters. The molecule has 8 heteroatoms. The summed E-state index contributed by atoms with van der Waals surface area (Å²) in [5.74, 6) is 1.67. The molecule has 5 rings (SSSR count). The highest BCUT2D eigenvalue weighted by Gasteiger charge is 2.36. The molecule has 1 saturated heterocycles. The minimum atomic E-state index is -0.525. The van der Waals surface area contributed by atoms with Crippen molar-refractivity contribution < 1.29 is 0 Å². The number of amidine groups is 1. The van der Waals surface area contributed by atoms with Crippen LogP contribution in [0, 0.1) is 0 Å². The lowest BCUT2D eigenvalue weighted by Crippen LogP contribution is -2.50. The van der Waals surface area contributed by atoms with E-state index in [1.807, 2.05) is 6.08 Å². The number of nitrogens with two attached hydrogens (primary N) is 1. The number of hydrogen-bond donors (Lipinski definition) is 3. The third-order valence-electron chi connectivity index (χ3n) is 6.28. The van der Waals surface area contributed by atoms with Gasteiger partial charge in [0.2, 0.25) is 0 Å². The summed E-state index contributed by atoms with van der Waals surface area (Å²) in [7, 11) is 0. The lowest BCUT2D eigenvalue weighted by Gasteiger charge is -2.39. The van der Waals surface area contributed by atoms with Crippen molar-refractivity contribution in [3.63, 3.8) is 0 Å². The number of thioether (sulfide) groups is 1. The number of rotatable bonds is 3. The number of hydrazone groups is 1. The average molecular weight is 458 g/mol. The molecule has 33 heavy (non-hydrogen) atoms. The molecule has 0 aliphatic carbocycles. The number of piperidine rings is 1. The molecule has 1 fully saturated rings. The Morgan fingerprint density at radius 3 is 2.79 bits per heavy atom. The highest BCUT2D eigenvalue weighted by atomic mass is 32.2. The van der Waals surface area contributed by atoms with Crippen LogP contribution in [-0.2, 0) is 5.54 Å². The molecule has 2 aliphatic rings. The van der Waals surface area contributed by atoms with Gasteiger partial charge in [0.15, 0.2) is 0 Å². The van der Waals surface area contributed by atoms with Gasteiger partial charge in [-0.05, 0) is 48.9 Å². The van der Waals surface area contributed by atoms with Crippen LogP contribution in [0.15, 0.2) is 81.9 Å². The second-order valence-corrected chi connectivity index (χ2v) is 9.23. The summed E-state index contributed by atoms with van der Waals surface area (Å²) in [6.45, 7) is 5.67. The first-order valence-corrected chi connectivity index (χ1v) is 12.2. The van der Waals surface area contributed by atoms with Crippen molar-refractivity contribution >= 4 is 35.0 Å². The molecule has 3 aromatic rings. The molecule has 2 aliphatic heterocycles. The normalized spacial score (nSPS) is 20.0. The Hall–Kier alpha value is -3.36. The fourth-order valence-electron chi connectivity index (χ4n) is 4.39. The first-order chi connectivity index (χ1) is 16.1. The average Bonchev–Trinajstić information content (AvgIpc) is 3.28. The number of nitrogens with one attached hydrogen (secondary N) is 2. The van der Waals surface area contributed by atoms with E-state index in [0.717, 1.165) is 65.3 Å². The topological polar surface area (TPSA) is 94.7 Å². The molecular formula is C25H27N7S. The summed E-state index contributed by atoms with van der Waals surface area (Å²) in [6.07, 6.45) is 8.76. The SMILES string of the molecule is C=C1/C=C\N/N=C\N=C1N1CCC(N)(c2nc3c(-c4cccc(SC)c4)cccc3[nH]2)CC1. The van der Waals surface area contributed by atoms with E-state index in [1.54, 1.807) is 18.0 Å². The van der Waals surface area contributed by atoms with Crippen LogP contribution < -0.4 is 11.2 Å². The van der Waals surface area contributed by atoms with Crippen LogP contribution in [-0.4, -0.2) is 46.4 Å². The molecule has 7 nitrogen and oxygen atoms in total. The van der Waals surface area contributed by atoms with E-state index < -0.39 is 5.54 Å². The van der Waals surface area contributed by atoms with Gasteiger partial charge in [0.05, 0.1) is 16.6 Å². The summed E-state index contributed by atoms with van der Waals surface area (Å²) in [6, 6.07) is 14.8. The van der Waals surface area contributed by atoms with Gasteiger partial charge in [-0.3, -0.25) is 5.43 Å². The maximum absolute atomic E-state index is 6.92. The number of aromatic nitrogens is 2. The van der Waals surface area contributed by atoms with Crippen LogP contribution in [0.5, 0.6) is 0 Å². The molecule has 4 N–H and O–H groups in total. The van der Waals surface area contributed by atoms with Crippen molar-refractivity contribution in [2.75, 3.05) is 19.3 Å². The molecule has 0 saturated carbocycles. The third-order valence-corrected chi connectivity index (χ3v) is 7.00. The van der Waals surface area contributed by atoms with E-state index in [0.29, 0.717) is 0 Å². The standard InChI is InChI=1S/C25H27N7S/c1-17-9-12-28-29-16-27-23(17)32-13-10-25(26,11-14-32)24-30-21-8-4-7-20(22(21)31-24)18-5-3-6-19(15-18)33-2/h3-9,12,15-16,28H,1,10-11,13-14,26H2,2H3,(H,30,31)/b12-9-,27-23?,29-16-. The van der Waals surface area contributed by atoms with Crippen molar-refractivity contribution in [1.29, 1.82) is 0 Å². The van der Waals surface area contributed by atoms with Crippen LogP contribution >= 0.6 is 11.8 Å². The number of imidazole rings is 1. The number of likely N-dealkylation sites (tertiary alicyclic amines) is 1. The molecular weight excluding hydrogens is 430 g/mol. The molecule has 3 heterocycles. The summed E-state index contributed by atoms with van der Waals surface area (Å²) < 4.78 is 0.